The molecule has 5 heteroatoms. The highest BCUT2D eigenvalue weighted by molar-refractivity contribution is 6.22. The second-order valence-electron chi connectivity index (χ2n) is 22.3. The van der Waals surface area contributed by atoms with E-state index in [4.69, 9.17) is 15.0 Å². The number of para-hydroxylation sites is 2. The molecule has 0 unspecified atom stereocenters. The summed E-state index contributed by atoms with van der Waals surface area (Å²) in [6, 6.07) is 103. The average molecular weight is 1060 g/mol. The van der Waals surface area contributed by atoms with Gasteiger partial charge in [-0.2, -0.15) is 0 Å². The van der Waals surface area contributed by atoms with E-state index in [0.717, 1.165) is 88.9 Å². The molecule has 5 nitrogen and oxygen atoms in total. The standard InChI is InChI=1S/C78H53N5/c1-78(2)66-36-17-15-32-59(66)60-43-42-57(47-67(60)78)76-79-75(56-29-19-28-53(46-56)50-22-7-3-8-23-50)80-77(81-76)65-45-41-55(52-26-11-5-12-27-52)49-72(65)83-70-39-21-35-62(74(70)64-44-40-54(48-71(64)83)51-24-9-4-10-25-51)61-34-20-38-69-73(61)63-33-16-18-37-68(63)82(69)58-30-13-6-14-31-58/h3-49H,1-2H3. The summed E-state index contributed by atoms with van der Waals surface area (Å²) in [5.41, 5.74) is 23.2. The fraction of sp³-hybridized carbons (Fsp3) is 0.0385. The number of aromatic nitrogens is 5. The number of nitrogens with zero attached hydrogens (tertiary/aromatic N) is 5. The van der Waals surface area contributed by atoms with Crippen LogP contribution >= 0.6 is 0 Å². The Hall–Kier alpha value is -10.8. The minimum atomic E-state index is -0.219. The van der Waals surface area contributed by atoms with Crippen LogP contribution in [0.5, 0.6) is 0 Å². The molecule has 0 saturated carbocycles. The lowest BCUT2D eigenvalue weighted by Crippen LogP contribution is -2.15. The van der Waals surface area contributed by atoms with Crippen molar-refractivity contribution in [2.45, 2.75) is 19.3 Å². The van der Waals surface area contributed by atoms with E-state index in [2.05, 4.69) is 308 Å². The molecule has 0 fully saturated rings. The maximum Gasteiger partial charge on any atom is 0.166 e. The summed E-state index contributed by atoms with van der Waals surface area (Å²) in [5.74, 6) is 1.79. The third kappa shape index (κ3) is 7.88. The van der Waals surface area contributed by atoms with Crippen molar-refractivity contribution >= 4 is 43.6 Å². The van der Waals surface area contributed by atoms with E-state index in [1.807, 2.05) is 0 Å². The summed E-state index contributed by atoms with van der Waals surface area (Å²) < 4.78 is 4.88. The molecule has 3 heterocycles. The van der Waals surface area contributed by atoms with Gasteiger partial charge in [0.1, 0.15) is 0 Å². The minimum Gasteiger partial charge on any atom is -0.309 e. The van der Waals surface area contributed by atoms with E-state index in [0.29, 0.717) is 17.5 Å². The normalized spacial score (nSPS) is 12.6. The van der Waals surface area contributed by atoms with E-state index in [1.54, 1.807) is 0 Å². The Morgan fingerprint density at radius 3 is 1.40 bits per heavy atom. The van der Waals surface area contributed by atoms with Crippen LogP contribution in [-0.2, 0) is 5.41 Å². The largest absolute Gasteiger partial charge is 0.309 e. The van der Waals surface area contributed by atoms with Crippen LogP contribution in [0.3, 0.4) is 0 Å². The molecule has 0 amide bonds. The van der Waals surface area contributed by atoms with Crippen molar-refractivity contribution in [2.24, 2.45) is 0 Å². The topological polar surface area (TPSA) is 48.5 Å². The van der Waals surface area contributed by atoms with Crippen LogP contribution in [0.15, 0.2) is 285 Å². The molecule has 12 aromatic carbocycles. The molecule has 0 radical (unpaired) electrons. The van der Waals surface area contributed by atoms with Crippen LogP contribution in [0, 0.1) is 0 Å². The summed E-state index contributed by atoms with van der Waals surface area (Å²) in [4.78, 5) is 16.6. The molecule has 0 N–H and O–H groups in total. The van der Waals surface area contributed by atoms with Gasteiger partial charge in [0.2, 0.25) is 0 Å². The summed E-state index contributed by atoms with van der Waals surface area (Å²) in [6.45, 7) is 4.65. The molecule has 1 aliphatic rings. The summed E-state index contributed by atoms with van der Waals surface area (Å²) in [5, 5.41) is 4.73. The second kappa shape index (κ2) is 19.2. The van der Waals surface area contributed by atoms with Crippen molar-refractivity contribution in [1.29, 1.82) is 0 Å². The lowest BCUT2D eigenvalue weighted by molar-refractivity contribution is 0.660. The number of hydrogen-bond donors (Lipinski definition) is 0. The van der Waals surface area contributed by atoms with E-state index in [-0.39, 0.29) is 5.41 Å². The smallest absolute Gasteiger partial charge is 0.166 e. The second-order valence-corrected chi connectivity index (χ2v) is 22.3. The molecule has 3 aromatic heterocycles. The van der Waals surface area contributed by atoms with Crippen LogP contribution in [0.1, 0.15) is 25.0 Å². The van der Waals surface area contributed by atoms with Crippen molar-refractivity contribution in [3.05, 3.63) is 296 Å². The molecule has 83 heavy (non-hydrogen) atoms. The zero-order chi connectivity index (χ0) is 55.2. The van der Waals surface area contributed by atoms with Gasteiger partial charge in [0.15, 0.2) is 17.5 Å². The maximum absolute atomic E-state index is 5.62. The molecule has 0 bridgehead atoms. The molecular weight excluding hydrogens is 1010 g/mol. The zero-order valence-electron chi connectivity index (χ0n) is 45.9. The third-order valence-electron chi connectivity index (χ3n) is 17.2. The number of rotatable bonds is 9. The highest BCUT2D eigenvalue weighted by atomic mass is 15.1. The first-order valence-corrected chi connectivity index (χ1v) is 28.5. The molecule has 0 saturated heterocycles. The first-order valence-electron chi connectivity index (χ1n) is 28.5. The molecular formula is C78H53N5. The van der Waals surface area contributed by atoms with Gasteiger partial charge in [-0.25, -0.2) is 15.0 Å². The minimum absolute atomic E-state index is 0.219. The SMILES string of the molecule is CC1(C)c2ccccc2-c2ccc(-c3nc(-c4cccc(-c5ccccc5)c4)nc(-c4ccc(-c5ccccc5)cc4-n4c5cc(-c6ccccc6)ccc5c5c(-c6cccc7c6c6ccccc6n7-c6ccccc6)cccc54)n3)cc21. The Labute approximate surface area is 481 Å². The van der Waals surface area contributed by atoms with Gasteiger partial charge in [0.05, 0.1) is 27.8 Å². The van der Waals surface area contributed by atoms with Crippen molar-refractivity contribution in [3.63, 3.8) is 0 Å². The Bertz CT molecular complexity index is 5040. The Morgan fingerprint density at radius 2 is 0.711 bits per heavy atom. The van der Waals surface area contributed by atoms with Crippen LogP contribution in [-0.4, -0.2) is 24.1 Å². The van der Waals surface area contributed by atoms with Gasteiger partial charge in [-0.05, 0) is 127 Å². The maximum atomic E-state index is 5.62. The monoisotopic (exact) mass is 1060 g/mol. The van der Waals surface area contributed by atoms with E-state index >= 15 is 0 Å². The van der Waals surface area contributed by atoms with Crippen LogP contribution < -0.4 is 0 Å². The third-order valence-corrected chi connectivity index (χ3v) is 17.2. The zero-order valence-corrected chi connectivity index (χ0v) is 45.9. The molecule has 0 aliphatic heterocycles. The van der Waals surface area contributed by atoms with E-state index < -0.39 is 0 Å². The molecule has 390 valence electrons. The molecule has 15 aromatic rings. The Balaban J connectivity index is 0.983. The van der Waals surface area contributed by atoms with Crippen LogP contribution in [0.2, 0.25) is 0 Å². The summed E-state index contributed by atoms with van der Waals surface area (Å²) in [6.07, 6.45) is 0. The Kier molecular flexibility index (Phi) is 11.2. The first kappa shape index (κ1) is 48.2. The van der Waals surface area contributed by atoms with Crippen molar-refractivity contribution in [3.8, 4) is 101 Å². The molecule has 1 aliphatic carbocycles. The highest BCUT2D eigenvalue weighted by Crippen LogP contribution is 2.50. The fourth-order valence-corrected chi connectivity index (χ4v) is 13.2. The van der Waals surface area contributed by atoms with Gasteiger partial charge < -0.3 is 9.13 Å². The van der Waals surface area contributed by atoms with Gasteiger partial charge in [-0.15, -0.1) is 0 Å². The van der Waals surface area contributed by atoms with Gasteiger partial charge >= 0.3 is 0 Å². The van der Waals surface area contributed by atoms with E-state index in [9.17, 15) is 0 Å². The Morgan fingerprint density at radius 1 is 0.265 bits per heavy atom. The number of fused-ring (bicyclic) bond motifs is 9. The molecule has 0 atom stereocenters. The predicted molar refractivity (Wildman–Crippen MR) is 344 cm³/mol. The number of hydrogen-bond acceptors (Lipinski definition) is 3. The van der Waals surface area contributed by atoms with Crippen LogP contribution in [0.4, 0.5) is 0 Å². The quantitative estimate of drug-likeness (QED) is 0.145. The van der Waals surface area contributed by atoms with Gasteiger partial charge in [0.25, 0.3) is 0 Å². The predicted octanol–water partition coefficient (Wildman–Crippen LogP) is 20.0. The highest BCUT2D eigenvalue weighted by Gasteiger charge is 2.36. The van der Waals surface area contributed by atoms with Crippen molar-refractivity contribution in [1.82, 2.24) is 24.1 Å². The van der Waals surface area contributed by atoms with Crippen molar-refractivity contribution in [2.75, 3.05) is 0 Å². The van der Waals surface area contributed by atoms with Gasteiger partial charge in [-0.1, -0.05) is 238 Å². The summed E-state index contributed by atoms with van der Waals surface area (Å²) >= 11 is 0. The fourth-order valence-electron chi connectivity index (χ4n) is 13.2. The molecule has 16 rings (SSSR count). The number of benzene rings is 12. The van der Waals surface area contributed by atoms with Gasteiger partial charge in [-0.3, -0.25) is 0 Å². The summed E-state index contributed by atoms with van der Waals surface area (Å²) in [7, 11) is 0. The average Bonchev–Trinajstić information content (AvgIpc) is 2.57. The lowest BCUT2D eigenvalue weighted by atomic mass is 9.82. The van der Waals surface area contributed by atoms with Crippen LogP contribution in [0.25, 0.3) is 145 Å². The molecule has 0 spiro atoms. The van der Waals surface area contributed by atoms with Crippen molar-refractivity contribution < 1.29 is 0 Å². The lowest BCUT2D eigenvalue weighted by Gasteiger charge is -2.22. The van der Waals surface area contributed by atoms with Gasteiger partial charge in [0, 0.05) is 49.3 Å². The van der Waals surface area contributed by atoms with E-state index in [1.165, 1.54) is 49.5 Å². The first-order chi connectivity index (χ1) is 40.9.